The topological polar surface area (TPSA) is 47.9 Å². The predicted octanol–water partition coefficient (Wildman–Crippen LogP) is 2.94. The highest BCUT2D eigenvalue weighted by Gasteiger charge is 2.49. The number of aliphatic hydroxyl groups is 1. The summed E-state index contributed by atoms with van der Waals surface area (Å²) in [6, 6.07) is 0. The minimum Gasteiger partial charge on any atom is -0.368 e. The zero-order valence-corrected chi connectivity index (χ0v) is 12.9. The predicted molar refractivity (Wildman–Crippen MR) is 74.7 cm³/mol. The number of unbranched alkanes of at least 4 members (excludes halogenated alkanes) is 2. The molecule has 1 aliphatic carbocycles. The molecule has 0 radical (unpaired) electrons. The molecule has 1 N–H and O–H groups in total. The molecule has 0 amide bonds. The Morgan fingerprint density at radius 3 is 2.42 bits per heavy atom. The fraction of sp³-hybridized carbons (Fsp3) is 1.00. The summed E-state index contributed by atoms with van der Waals surface area (Å²) in [5, 5.41) is 9.72. The van der Waals surface area contributed by atoms with E-state index in [1.54, 1.807) is 21.3 Å². The molecular formula is C15H30O4. The molecule has 0 bridgehead atoms. The van der Waals surface area contributed by atoms with Crippen molar-refractivity contribution < 1.29 is 19.3 Å². The third-order valence-corrected chi connectivity index (χ3v) is 4.58. The average molecular weight is 274 g/mol. The summed E-state index contributed by atoms with van der Waals surface area (Å²) in [7, 11) is 5.00. The van der Waals surface area contributed by atoms with E-state index in [9.17, 15) is 5.11 Å². The molecule has 1 rings (SSSR count). The van der Waals surface area contributed by atoms with Gasteiger partial charge in [0.2, 0.25) is 0 Å². The maximum absolute atomic E-state index is 9.72. The average Bonchev–Trinajstić information content (AvgIpc) is 2.78. The molecule has 0 aromatic rings. The monoisotopic (exact) mass is 274 g/mol. The van der Waals surface area contributed by atoms with E-state index in [-0.39, 0.29) is 0 Å². The van der Waals surface area contributed by atoms with Crippen molar-refractivity contribution in [3.05, 3.63) is 0 Å². The SMILES string of the molecule is CCCCCC1C(CC(O)OC)CCC1(OC)OC. The number of rotatable bonds is 9. The Morgan fingerprint density at radius 1 is 1.21 bits per heavy atom. The van der Waals surface area contributed by atoms with Crippen LogP contribution >= 0.6 is 0 Å². The summed E-state index contributed by atoms with van der Waals surface area (Å²) in [5.41, 5.74) is 0. The van der Waals surface area contributed by atoms with Crippen LogP contribution in [0.2, 0.25) is 0 Å². The summed E-state index contributed by atoms with van der Waals surface area (Å²) < 4.78 is 16.4. The maximum Gasteiger partial charge on any atom is 0.170 e. The number of methoxy groups -OCH3 is 3. The van der Waals surface area contributed by atoms with Crippen molar-refractivity contribution in [1.82, 2.24) is 0 Å². The van der Waals surface area contributed by atoms with Crippen LogP contribution in [-0.2, 0) is 14.2 Å². The van der Waals surface area contributed by atoms with Crippen LogP contribution in [0.1, 0.15) is 51.9 Å². The molecule has 1 saturated carbocycles. The molecule has 114 valence electrons. The van der Waals surface area contributed by atoms with Crippen LogP contribution in [-0.4, -0.2) is 38.5 Å². The van der Waals surface area contributed by atoms with E-state index in [4.69, 9.17) is 14.2 Å². The Bertz CT molecular complexity index is 240. The van der Waals surface area contributed by atoms with E-state index < -0.39 is 12.1 Å². The molecule has 0 aromatic carbocycles. The van der Waals surface area contributed by atoms with Crippen LogP contribution in [0, 0.1) is 11.8 Å². The molecule has 0 saturated heterocycles. The van der Waals surface area contributed by atoms with Gasteiger partial charge >= 0.3 is 0 Å². The molecule has 19 heavy (non-hydrogen) atoms. The Kier molecular flexibility index (Phi) is 7.29. The first-order chi connectivity index (χ1) is 9.13. The standard InChI is InChI=1S/C15H30O4/c1-5-6-7-8-13-12(11-14(16)17-2)9-10-15(13,18-3)19-4/h12-14,16H,5-11H2,1-4H3. The number of hydrogen-bond acceptors (Lipinski definition) is 4. The van der Waals surface area contributed by atoms with E-state index in [2.05, 4.69) is 6.92 Å². The zero-order valence-electron chi connectivity index (χ0n) is 12.9. The first-order valence-electron chi connectivity index (χ1n) is 7.44. The molecule has 0 aliphatic heterocycles. The van der Waals surface area contributed by atoms with Crippen LogP contribution in [0.4, 0.5) is 0 Å². The quantitative estimate of drug-likeness (QED) is 0.519. The van der Waals surface area contributed by atoms with Gasteiger partial charge in [-0.15, -0.1) is 0 Å². The lowest BCUT2D eigenvalue weighted by molar-refractivity contribution is -0.234. The van der Waals surface area contributed by atoms with Crippen LogP contribution in [0.5, 0.6) is 0 Å². The van der Waals surface area contributed by atoms with Crippen LogP contribution < -0.4 is 0 Å². The van der Waals surface area contributed by atoms with Gasteiger partial charge in [-0.05, 0) is 18.8 Å². The molecule has 0 aromatic heterocycles. The summed E-state index contributed by atoms with van der Waals surface area (Å²) in [6.45, 7) is 2.21. The van der Waals surface area contributed by atoms with Crippen LogP contribution in [0.25, 0.3) is 0 Å². The lowest BCUT2D eigenvalue weighted by Gasteiger charge is -2.35. The molecular weight excluding hydrogens is 244 g/mol. The van der Waals surface area contributed by atoms with Gasteiger partial charge in [0.05, 0.1) is 0 Å². The third kappa shape index (κ3) is 4.15. The van der Waals surface area contributed by atoms with Gasteiger partial charge < -0.3 is 19.3 Å². The Balaban J connectivity index is 2.69. The molecule has 1 aliphatic rings. The van der Waals surface area contributed by atoms with E-state index >= 15 is 0 Å². The van der Waals surface area contributed by atoms with Crippen molar-refractivity contribution in [2.24, 2.45) is 11.8 Å². The van der Waals surface area contributed by atoms with Gasteiger partial charge in [-0.2, -0.15) is 0 Å². The van der Waals surface area contributed by atoms with Gasteiger partial charge in [0, 0.05) is 40.1 Å². The minimum atomic E-state index is -0.678. The number of hydrogen-bond donors (Lipinski definition) is 1. The largest absolute Gasteiger partial charge is 0.368 e. The molecule has 1 fully saturated rings. The minimum absolute atomic E-state index is 0.346. The van der Waals surface area contributed by atoms with E-state index in [0.29, 0.717) is 18.3 Å². The van der Waals surface area contributed by atoms with E-state index in [1.807, 2.05) is 0 Å². The molecule has 0 heterocycles. The molecule has 4 nitrogen and oxygen atoms in total. The van der Waals surface area contributed by atoms with E-state index in [1.165, 1.54) is 19.3 Å². The zero-order chi connectivity index (χ0) is 14.3. The summed E-state index contributed by atoms with van der Waals surface area (Å²) >= 11 is 0. The molecule has 0 spiro atoms. The van der Waals surface area contributed by atoms with Crippen molar-refractivity contribution in [2.75, 3.05) is 21.3 Å². The fourth-order valence-electron chi connectivity index (χ4n) is 3.43. The van der Waals surface area contributed by atoms with E-state index in [0.717, 1.165) is 19.3 Å². The number of aliphatic hydroxyl groups excluding tert-OH is 1. The first-order valence-corrected chi connectivity index (χ1v) is 7.44. The Morgan fingerprint density at radius 2 is 1.89 bits per heavy atom. The summed E-state index contributed by atoms with van der Waals surface area (Å²) in [6.07, 6.45) is 6.65. The van der Waals surface area contributed by atoms with Crippen molar-refractivity contribution >= 4 is 0 Å². The Labute approximate surface area is 117 Å². The van der Waals surface area contributed by atoms with Gasteiger partial charge in [0.25, 0.3) is 0 Å². The highest BCUT2D eigenvalue weighted by Crippen LogP contribution is 2.47. The summed E-state index contributed by atoms with van der Waals surface area (Å²) in [4.78, 5) is 0. The van der Waals surface area contributed by atoms with Gasteiger partial charge in [-0.3, -0.25) is 0 Å². The second-order valence-electron chi connectivity index (χ2n) is 5.55. The lowest BCUT2D eigenvalue weighted by Crippen LogP contribution is -2.40. The van der Waals surface area contributed by atoms with Gasteiger partial charge in [-0.25, -0.2) is 0 Å². The third-order valence-electron chi connectivity index (χ3n) is 4.58. The Hall–Kier alpha value is -0.160. The van der Waals surface area contributed by atoms with Gasteiger partial charge in [0.15, 0.2) is 12.1 Å². The van der Waals surface area contributed by atoms with Crippen molar-refractivity contribution in [2.45, 2.75) is 63.9 Å². The highest BCUT2D eigenvalue weighted by atomic mass is 16.7. The first kappa shape index (κ1) is 16.9. The van der Waals surface area contributed by atoms with Crippen LogP contribution in [0.15, 0.2) is 0 Å². The second kappa shape index (κ2) is 8.20. The lowest BCUT2D eigenvalue weighted by atomic mass is 9.85. The van der Waals surface area contributed by atoms with Crippen molar-refractivity contribution in [3.8, 4) is 0 Å². The number of ether oxygens (including phenoxy) is 3. The van der Waals surface area contributed by atoms with Crippen LogP contribution in [0.3, 0.4) is 0 Å². The van der Waals surface area contributed by atoms with Gasteiger partial charge in [-0.1, -0.05) is 26.2 Å². The second-order valence-corrected chi connectivity index (χ2v) is 5.55. The fourth-order valence-corrected chi connectivity index (χ4v) is 3.43. The molecule has 4 heteroatoms. The maximum atomic E-state index is 9.72. The van der Waals surface area contributed by atoms with Crippen molar-refractivity contribution in [3.63, 3.8) is 0 Å². The molecule has 3 unspecified atom stereocenters. The van der Waals surface area contributed by atoms with Crippen molar-refractivity contribution in [1.29, 1.82) is 0 Å². The normalized spacial score (nSPS) is 27.6. The van der Waals surface area contributed by atoms with Gasteiger partial charge in [0.1, 0.15) is 0 Å². The highest BCUT2D eigenvalue weighted by molar-refractivity contribution is 4.92. The summed E-state index contributed by atoms with van der Waals surface area (Å²) in [5.74, 6) is 0.289. The smallest absolute Gasteiger partial charge is 0.170 e. The molecule has 3 atom stereocenters.